The van der Waals surface area contributed by atoms with Crippen molar-refractivity contribution in [2.45, 2.75) is 39.5 Å². The van der Waals surface area contributed by atoms with Gasteiger partial charge in [0.2, 0.25) is 5.91 Å². The third-order valence-corrected chi connectivity index (χ3v) is 4.03. The highest BCUT2D eigenvalue weighted by atomic mass is 16.4. The fraction of sp³-hybridized carbons (Fsp3) is 0.857. The summed E-state index contributed by atoms with van der Waals surface area (Å²) in [6, 6.07) is 0. The minimum atomic E-state index is -0.840. The number of amides is 1. The minimum Gasteiger partial charge on any atom is -0.481 e. The third kappa shape index (κ3) is 5.59. The van der Waals surface area contributed by atoms with Crippen molar-refractivity contribution < 1.29 is 14.7 Å². The zero-order valence-electron chi connectivity index (χ0n) is 11.9. The average Bonchev–Trinajstić information content (AvgIpc) is 2.40. The Balaban J connectivity index is 2.27. The Hall–Kier alpha value is -1.10. The maximum atomic E-state index is 11.8. The third-order valence-electron chi connectivity index (χ3n) is 4.03. The van der Waals surface area contributed by atoms with Crippen LogP contribution in [0.25, 0.3) is 0 Å². The first kappa shape index (κ1) is 16.0. The van der Waals surface area contributed by atoms with Crippen LogP contribution in [0.15, 0.2) is 0 Å². The predicted octanol–water partition coefficient (Wildman–Crippen LogP) is 1.24. The summed E-state index contributed by atoms with van der Waals surface area (Å²) in [7, 11) is 0. The summed E-state index contributed by atoms with van der Waals surface area (Å²) < 4.78 is 0. The van der Waals surface area contributed by atoms with Crippen molar-refractivity contribution in [2.24, 2.45) is 17.8 Å². The summed E-state index contributed by atoms with van der Waals surface area (Å²) >= 11 is 0. The lowest BCUT2D eigenvalue weighted by atomic mass is 9.85. The highest BCUT2D eigenvalue weighted by molar-refractivity contribution is 5.77. The second-order valence-corrected chi connectivity index (χ2v) is 5.54. The molecule has 0 radical (unpaired) electrons. The van der Waals surface area contributed by atoms with Crippen LogP contribution in [-0.2, 0) is 9.59 Å². The average molecular weight is 270 g/mol. The van der Waals surface area contributed by atoms with E-state index in [0.29, 0.717) is 24.7 Å². The predicted molar refractivity (Wildman–Crippen MR) is 73.8 cm³/mol. The molecule has 0 spiro atoms. The van der Waals surface area contributed by atoms with E-state index in [-0.39, 0.29) is 12.5 Å². The number of rotatable bonds is 7. The van der Waals surface area contributed by atoms with Gasteiger partial charge >= 0.3 is 5.97 Å². The minimum absolute atomic E-state index is 0.0298. The summed E-state index contributed by atoms with van der Waals surface area (Å²) in [4.78, 5) is 22.7. The highest BCUT2D eigenvalue weighted by Gasteiger charge is 2.22. The zero-order chi connectivity index (χ0) is 14.3. The number of carboxylic acids is 1. The monoisotopic (exact) mass is 270 g/mol. The van der Waals surface area contributed by atoms with Gasteiger partial charge in [0.25, 0.3) is 0 Å². The maximum Gasteiger partial charge on any atom is 0.308 e. The van der Waals surface area contributed by atoms with E-state index in [4.69, 9.17) is 5.11 Å². The molecule has 19 heavy (non-hydrogen) atoms. The van der Waals surface area contributed by atoms with Crippen LogP contribution in [0.1, 0.15) is 39.5 Å². The Kier molecular flexibility index (Phi) is 6.84. The van der Waals surface area contributed by atoms with Crippen LogP contribution in [0.4, 0.5) is 0 Å². The Morgan fingerprint density at radius 1 is 1.47 bits per heavy atom. The van der Waals surface area contributed by atoms with Gasteiger partial charge in [0.05, 0.1) is 5.92 Å². The molecule has 1 heterocycles. The lowest BCUT2D eigenvalue weighted by Gasteiger charge is -2.28. The van der Waals surface area contributed by atoms with Crippen molar-refractivity contribution in [1.82, 2.24) is 10.6 Å². The van der Waals surface area contributed by atoms with E-state index in [1.54, 1.807) is 0 Å². The van der Waals surface area contributed by atoms with Gasteiger partial charge in [-0.05, 0) is 44.2 Å². The van der Waals surface area contributed by atoms with Crippen LogP contribution >= 0.6 is 0 Å². The first-order valence-corrected chi connectivity index (χ1v) is 7.24. The van der Waals surface area contributed by atoms with Crippen molar-refractivity contribution >= 4 is 11.9 Å². The van der Waals surface area contributed by atoms with Crippen molar-refractivity contribution in [3.05, 3.63) is 0 Å². The number of carbonyl (C=O) groups excluding carboxylic acids is 1. The summed E-state index contributed by atoms with van der Waals surface area (Å²) in [5.74, 6) is -0.445. The quantitative estimate of drug-likeness (QED) is 0.650. The number of carboxylic acid groups (broad SMARTS) is 1. The molecule has 5 heteroatoms. The van der Waals surface area contributed by atoms with E-state index in [0.717, 1.165) is 13.1 Å². The van der Waals surface area contributed by atoms with Crippen LogP contribution in [0.3, 0.4) is 0 Å². The molecule has 1 fully saturated rings. The molecule has 0 aliphatic carbocycles. The number of carbonyl (C=O) groups is 2. The molecule has 1 aliphatic rings. The van der Waals surface area contributed by atoms with Gasteiger partial charge in [-0.3, -0.25) is 9.59 Å². The molecular formula is C14H26N2O3. The second kappa shape index (κ2) is 8.15. The molecule has 5 nitrogen and oxygen atoms in total. The van der Waals surface area contributed by atoms with Gasteiger partial charge in [-0.15, -0.1) is 0 Å². The molecular weight excluding hydrogens is 244 g/mol. The molecule has 1 saturated heterocycles. The topological polar surface area (TPSA) is 78.4 Å². The first-order valence-electron chi connectivity index (χ1n) is 7.24. The van der Waals surface area contributed by atoms with Crippen LogP contribution in [0.2, 0.25) is 0 Å². The van der Waals surface area contributed by atoms with Gasteiger partial charge in [-0.25, -0.2) is 0 Å². The van der Waals surface area contributed by atoms with E-state index in [1.807, 2.05) is 6.92 Å². The second-order valence-electron chi connectivity index (χ2n) is 5.54. The Morgan fingerprint density at radius 2 is 2.21 bits per heavy atom. The van der Waals surface area contributed by atoms with Crippen LogP contribution in [0, 0.1) is 17.8 Å². The Bertz CT molecular complexity index is 301. The van der Waals surface area contributed by atoms with Gasteiger partial charge in [0, 0.05) is 13.0 Å². The van der Waals surface area contributed by atoms with Gasteiger partial charge in [-0.1, -0.05) is 13.8 Å². The SMILES string of the molecule is CCC(CNC(=O)CC(C)C1CCCNC1)C(=O)O. The number of hydrogen-bond acceptors (Lipinski definition) is 3. The van der Waals surface area contributed by atoms with Crippen molar-refractivity contribution in [3.63, 3.8) is 0 Å². The molecule has 0 saturated carbocycles. The maximum absolute atomic E-state index is 11.8. The van der Waals surface area contributed by atoms with E-state index in [2.05, 4.69) is 17.6 Å². The largest absolute Gasteiger partial charge is 0.481 e. The van der Waals surface area contributed by atoms with Crippen molar-refractivity contribution in [3.8, 4) is 0 Å². The molecule has 1 amide bonds. The van der Waals surface area contributed by atoms with Gasteiger partial charge in [0.15, 0.2) is 0 Å². The molecule has 0 aromatic carbocycles. The molecule has 3 unspecified atom stereocenters. The van der Waals surface area contributed by atoms with E-state index >= 15 is 0 Å². The lowest BCUT2D eigenvalue weighted by Crippen LogP contribution is -2.37. The van der Waals surface area contributed by atoms with E-state index in [1.165, 1.54) is 12.8 Å². The molecule has 110 valence electrons. The van der Waals surface area contributed by atoms with Crippen molar-refractivity contribution in [1.29, 1.82) is 0 Å². The smallest absolute Gasteiger partial charge is 0.308 e. The lowest BCUT2D eigenvalue weighted by molar-refractivity contribution is -0.141. The van der Waals surface area contributed by atoms with E-state index in [9.17, 15) is 9.59 Å². The molecule has 0 aromatic heterocycles. The number of nitrogens with one attached hydrogen (secondary N) is 2. The molecule has 1 rings (SSSR count). The zero-order valence-corrected chi connectivity index (χ0v) is 11.9. The van der Waals surface area contributed by atoms with Crippen LogP contribution < -0.4 is 10.6 Å². The van der Waals surface area contributed by atoms with Gasteiger partial charge < -0.3 is 15.7 Å². The fourth-order valence-corrected chi connectivity index (χ4v) is 2.54. The Morgan fingerprint density at radius 3 is 2.74 bits per heavy atom. The number of piperidine rings is 1. The normalized spacial score (nSPS) is 22.5. The molecule has 0 bridgehead atoms. The van der Waals surface area contributed by atoms with Crippen LogP contribution in [-0.4, -0.2) is 36.6 Å². The molecule has 3 atom stereocenters. The molecule has 3 N–H and O–H groups in total. The number of aliphatic carboxylic acids is 1. The fourth-order valence-electron chi connectivity index (χ4n) is 2.54. The summed E-state index contributed by atoms with van der Waals surface area (Å²) in [6.07, 6.45) is 3.38. The molecule has 1 aliphatic heterocycles. The first-order chi connectivity index (χ1) is 9.04. The Labute approximate surface area is 115 Å². The summed E-state index contributed by atoms with van der Waals surface area (Å²) in [5.41, 5.74) is 0. The summed E-state index contributed by atoms with van der Waals surface area (Å²) in [6.45, 7) is 6.22. The summed E-state index contributed by atoms with van der Waals surface area (Å²) in [5, 5.41) is 15.0. The standard InChI is InChI=1S/C14H26N2O3/c1-3-11(14(18)19)9-16-13(17)7-10(2)12-5-4-6-15-8-12/h10-12,15H,3-9H2,1-2H3,(H,16,17)(H,18,19). The molecule has 0 aromatic rings. The van der Waals surface area contributed by atoms with E-state index < -0.39 is 11.9 Å². The van der Waals surface area contributed by atoms with Gasteiger partial charge in [-0.2, -0.15) is 0 Å². The number of hydrogen-bond donors (Lipinski definition) is 3. The van der Waals surface area contributed by atoms with Crippen molar-refractivity contribution in [2.75, 3.05) is 19.6 Å². The highest BCUT2D eigenvalue weighted by Crippen LogP contribution is 2.22. The van der Waals surface area contributed by atoms with Crippen LogP contribution in [0.5, 0.6) is 0 Å². The van der Waals surface area contributed by atoms with Gasteiger partial charge in [0.1, 0.15) is 0 Å².